The van der Waals surface area contributed by atoms with E-state index >= 15 is 0 Å². The van der Waals surface area contributed by atoms with Crippen LogP contribution in [-0.2, 0) is 0 Å². The van der Waals surface area contributed by atoms with Crippen molar-refractivity contribution in [1.29, 1.82) is 10.5 Å². The molecule has 1 aromatic carbocycles. The SMILES string of the molecule is [C-]#[N+]/C(C#N)=C\c1cnc(-c2ccc(-c3ccc(-c4ccc(-c5ncc(/C=C(\C#N)[N+]#[C-])s5)o4)c4[nH]ccc34)o2)s1. The number of H-pyrrole nitrogens is 1. The van der Waals surface area contributed by atoms with E-state index in [0.717, 1.165) is 22.0 Å². The molecule has 0 aliphatic carbocycles. The fraction of sp³-hybridized carbons (Fsp3) is 0. The van der Waals surface area contributed by atoms with Gasteiger partial charge in [0, 0.05) is 44.9 Å². The Morgan fingerprint density at radius 2 is 1.27 bits per heavy atom. The molecule has 192 valence electrons. The third kappa shape index (κ3) is 4.83. The van der Waals surface area contributed by atoms with E-state index < -0.39 is 0 Å². The van der Waals surface area contributed by atoms with Crippen molar-refractivity contribution < 1.29 is 8.83 Å². The van der Waals surface area contributed by atoms with E-state index in [1.807, 2.05) is 60.8 Å². The molecule has 0 atom stereocenters. The summed E-state index contributed by atoms with van der Waals surface area (Å²) in [6.07, 6.45) is 8.09. The summed E-state index contributed by atoms with van der Waals surface area (Å²) in [5, 5.41) is 20.2. The van der Waals surface area contributed by atoms with Gasteiger partial charge in [0.1, 0.15) is 11.5 Å². The molecule has 0 saturated carbocycles. The van der Waals surface area contributed by atoms with Gasteiger partial charge in [0.05, 0.1) is 30.8 Å². The Bertz CT molecular complexity index is 1990. The third-order valence-electron chi connectivity index (χ3n) is 5.96. The lowest BCUT2D eigenvalue weighted by Crippen LogP contribution is -1.82. The van der Waals surface area contributed by atoms with Crippen LogP contribution in [0.5, 0.6) is 0 Å². The van der Waals surface area contributed by atoms with E-state index in [0.29, 0.717) is 42.8 Å². The molecule has 0 spiro atoms. The van der Waals surface area contributed by atoms with Gasteiger partial charge < -0.3 is 13.8 Å². The van der Waals surface area contributed by atoms with E-state index in [-0.39, 0.29) is 11.4 Å². The van der Waals surface area contributed by atoms with Gasteiger partial charge in [-0.05, 0) is 54.6 Å². The van der Waals surface area contributed by atoms with Gasteiger partial charge in [0.15, 0.2) is 21.5 Å². The number of nitriles is 2. The number of hydrogen-bond acceptors (Lipinski definition) is 8. The highest BCUT2D eigenvalue weighted by Gasteiger charge is 2.18. The van der Waals surface area contributed by atoms with Gasteiger partial charge in [-0.2, -0.15) is 0 Å². The summed E-state index contributed by atoms with van der Waals surface area (Å²) in [6.45, 7) is 14.1. The Morgan fingerprint density at radius 3 is 1.80 bits per heavy atom. The molecule has 41 heavy (non-hydrogen) atoms. The van der Waals surface area contributed by atoms with E-state index in [1.54, 1.807) is 12.4 Å². The highest BCUT2D eigenvalue weighted by atomic mass is 32.1. The summed E-state index contributed by atoms with van der Waals surface area (Å²) in [5.74, 6) is 2.50. The van der Waals surface area contributed by atoms with Crippen molar-refractivity contribution in [2.75, 3.05) is 0 Å². The molecule has 5 heterocycles. The van der Waals surface area contributed by atoms with Crippen molar-refractivity contribution in [2.24, 2.45) is 0 Å². The van der Waals surface area contributed by atoms with Crippen molar-refractivity contribution in [1.82, 2.24) is 15.0 Å². The molecule has 0 unspecified atom stereocenters. The van der Waals surface area contributed by atoms with Crippen LogP contribution >= 0.6 is 22.7 Å². The standard InChI is InChI=1S/C30H13N7O2S2/c1-33-17(13-31)11-19-15-36-29(40-19)26-7-5-24(38-26)21-3-4-23(28-22(21)9-10-35-28)25-6-8-27(39-25)30-37-16-20(41-30)12-18(14-32)34-2/h3-12,15-16,35H/b17-11-,18-12+. The normalized spacial score (nSPS) is 11.6. The maximum atomic E-state index is 9.00. The Hall–Kier alpha value is -5.98. The number of nitrogens with zero attached hydrogens (tertiary/aromatic N) is 6. The molecule has 0 aliphatic heterocycles. The Kier molecular flexibility index (Phi) is 6.57. The molecule has 0 aliphatic rings. The molecule has 0 bridgehead atoms. The van der Waals surface area contributed by atoms with Crippen molar-refractivity contribution in [3.8, 4) is 56.3 Å². The first-order valence-corrected chi connectivity index (χ1v) is 13.4. The smallest absolute Gasteiger partial charge is 0.263 e. The quantitative estimate of drug-likeness (QED) is 0.159. The summed E-state index contributed by atoms with van der Waals surface area (Å²) in [5.41, 5.74) is 2.64. The Balaban J connectivity index is 1.29. The molecule has 6 aromatic rings. The molecule has 0 fully saturated rings. The Morgan fingerprint density at radius 1 is 0.756 bits per heavy atom. The topological polar surface area (TPSA) is 124 Å². The highest BCUT2D eigenvalue weighted by molar-refractivity contribution is 7.16. The summed E-state index contributed by atoms with van der Waals surface area (Å²) < 4.78 is 12.3. The van der Waals surface area contributed by atoms with Crippen molar-refractivity contribution in [3.63, 3.8) is 0 Å². The van der Waals surface area contributed by atoms with E-state index in [1.165, 1.54) is 34.8 Å². The van der Waals surface area contributed by atoms with Crippen LogP contribution in [0, 0.1) is 35.8 Å². The van der Waals surface area contributed by atoms with Gasteiger partial charge in [-0.1, -0.05) is 0 Å². The van der Waals surface area contributed by atoms with Crippen molar-refractivity contribution in [2.45, 2.75) is 0 Å². The predicted octanol–water partition coefficient (Wildman–Crippen LogP) is 8.50. The number of nitrogens with one attached hydrogen (secondary N) is 1. The van der Waals surface area contributed by atoms with E-state index in [2.05, 4.69) is 24.6 Å². The molecule has 0 radical (unpaired) electrons. The number of rotatable bonds is 6. The number of benzene rings is 1. The van der Waals surface area contributed by atoms with Gasteiger partial charge in [-0.3, -0.25) is 0 Å². The van der Waals surface area contributed by atoms with Crippen LogP contribution < -0.4 is 0 Å². The number of thiazole rings is 2. The number of furan rings is 2. The minimum Gasteiger partial charge on any atom is -0.454 e. The second kappa shape index (κ2) is 10.6. The van der Waals surface area contributed by atoms with Crippen molar-refractivity contribution in [3.05, 3.63) is 105 Å². The lowest BCUT2D eigenvalue weighted by Gasteiger charge is -2.05. The zero-order chi connectivity index (χ0) is 28.3. The molecule has 11 heteroatoms. The fourth-order valence-corrected chi connectivity index (χ4v) is 5.78. The predicted molar refractivity (Wildman–Crippen MR) is 156 cm³/mol. The van der Waals surface area contributed by atoms with E-state index in [9.17, 15) is 0 Å². The first-order valence-electron chi connectivity index (χ1n) is 11.8. The van der Waals surface area contributed by atoms with Gasteiger partial charge in [-0.25, -0.2) is 30.2 Å². The summed E-state index contributed by atoms with van der Waals surface area (Å²) in [4.78, 5) is 19.8. The molecule has 9 nitrogen and oxygen atoms in total. The number of hydrogen-bond donors (Lipinski definition) is 1. The second-order valence-corrected chi connectivity index (χ2v) is 10.5. The molecular formula is C30H13N7O2S2. The summed E-state index contributed by atoms with van der Waals surface area (Å²) in [7, 11) is 0. The Labute approximate surface area is 240 Å². The molecule has 5 aromatic heterocycles. The lowest BCUT2D eigenvalue weighted by atomic mass is 10.0. The second-order valence-electron chi connectivity index (χ2n) is 8.40. The number of aromatic amines is 1. The lowest BCUT2D eigenvalue weighted by molar-refractivity contribution is 0.596. The molecular weight excluding hydrogens is 555 g/mol. The van der Waals surface area contributed by atoms with Crippen molar-refractivity contribution >= 4 is 45.7 Å². The van der Waals surface area contributed by atoms with Crippen LogP contribution in [-0.4, -0.2) is 15.0 Å². The number of aromatic nitrogens is 3. The number of allylic oxidation sites excluding steroid dienone is 2. The fourth-order valence-electron chi connectivity index (χ4n) is 4.15. The summed E-state index contributed by atoms with van der Waals surface area (Å²) >= 11 is 2.67. The largest absolute Gasteiger partial charge is 0.454 e. The maximum Gasteiger partial charge on any atom is 0.263 e. The van der Waals surface area contributed by atoms with Crippen LogP contribution in [0.25, 0.3) is 76.9 Å². The molecule has 0 saturated heterocycles. The first kappa shape index (κ1) is 25.3. The van der Waals surface area contributed by atoms with Gasteiger partial charge in [-0.15, -0.1) is 22.7 Å². The van der Waals surface area contributed by atoms with Crippen LogP contribution in [0.2, 0.25) is 0 Å². The zero-order valence-electron chi connectivity index (χ0n) is 20.7. The monoisotopic (exact) mass is 567 g/mol. The third-order valence-corrected chi connectivity index (χ3v) is 7.88. The maximum absolute atomic E-state index is 9.00. The highest BCUT2D eigenvalue weighted by Crippen LogP contribution is 2.39. The van der Waals surface area contributed by atoms with Crippen LogP contribution in [0.3, 0.4) is 0 Å². The molecule has 1 N–H and O–H groups in total. The van der Waals surface area contributed by atoms with Gasteiger partial charge in [0.25, 0.3) is 11.4 Å². The van der Waals surface area contributed by atoms with Crippen LogP contribution in [0.4, 0.5) is 0 Å². The van der Waals surface area contributed by atoms with Gasteiger partial charge in [0.2, 0.25) is 0 Å². The molecule has 6 rings (SSSR count). The first-order chi connectivity index (χ1) is 20.1. The minimum absolute atomic E-state index is 0.00157. The van der Waals surface area contributed by atoms with Crippen LogP contribution in [0.15, 0.2) is 81.3 Å². The summed E-state index contributed by atoms with van der Waals surface area (Å²) in [6, 6.07) is 17.1. The minimum atomic E-state index is -0.00223. The zero-order valence-corrected chi connectivity index (χ0v) is 22.4. The average molecular weight is 568 g/mol. The van der Waals surface area contributed by atoms with Crippen LogP contribution in [0.1, 0.15) is 9.75 Å². The average Bonchev–Trinajstić information content (AvgIpc) is 3.83. The van der Waals surface area contributed by atoms with E-state index in [4.69, 9.17) is 32.5 Å². The molecule has 0 amide bonds. The van der Waals surface area contributed by atoms with Gasteiger partial charge >= 0.3 is 0 Å². The number of fused-ring (bicyclic) bond motifs is 1.